The number of imide groups is 1. The van der Waals surface area contributed by atoms with Gasteiger partial charge in [0.05, 0.1) is 13.2 Å². The maximum absolute atomic E-state index is 13.1. The number of ether oxygens (including phenoxy) is 1. The Bertz CT molecular complexity index is 539. The monoisotopic (exact) mass is 322 g/mol. The van der Waals surface area contributed by atoms with E-state index in [9.17, 15) is 14.4 Å². The first-order chi connectivity index (χ1) is 10.6. The molecule has 2 unspecified atom stereocenters. The van der Waals surface area contributed by atoms with Crippen LogP contribution in [0.2, 0.25) is 0 Å². The number of piperidine rings is 1. The maximum Gasteiger partial charge on any atom is 0.234 e. The number of likely N-dealkylation sites (tertiary alicyclic amines) is 1. The molecule has 0 aromatic rings. The first-order valence-electron chi connectivity index (χ1n) is 8.31. The van der Waals surface area contributed by atoms with Crippen molar-refractivity contribution in [2.24, 2.45) is 16.2 Å². The van der Waals surface area contributed by atoms with Gasteiger partial charge in [-0.05, 0) is 19.3 Å². The quantitative estimate of drug-likeness (QED) is 0.677. The second kappa shape index (κ2) is 5.03. The number of rotatable bonds is 1. The number of carbonyl (C=O) groups is 3. The van der Waals surface area contributed by atoms with Gasteiger partial charge in [-0.2, -0.15) is 0 Å². The fraction of sp³-hybridized carbons (Fsp3) is 0.824. The molecule has 0 spiro atoms. The lowest BCUT2D eigenvalue weighted by molar-refractivity contribution is -0.181. The Morgan fingerprint density at radius 3 is 1.91 bits per heavy atom. The molecule has 3 amide bonds. The van der Waals surface area contributed by atoms with Crippen molar-refractivity contribution in [3.8, 4) is 0 Å². The van der Waals surface area contributed by atoms with Gasteiger partial charge >= 0.3 is 0 Å². The minimum absolute atomic E-state index is 0.0584. The van der Waals surface area contributed by atoms with Crippen LogP contribution in [0.4, 0.5) is 0 Å². The zero-order valence-corrected chi connectivity index (χ0v) is 14.5. The largest absolute Gasteiger partial charge is 0.378 e. The summed E-state index contributed by atoms with van der Waals surface area (Å²) in [7, 11) is 1.56. The highest BCUT2D eigenvalue weighted by Crippen LogP contribution is 2.58. The summed E-state index contributed by atoms with van der Waals surface area (Å²) in [5.74, 6) is -0.246. The zero-order valence-electron chi connectivity index (χ0n) is 14.5. The summed E-state index contributed by atoms with van der Waals surface area (Å²) in [4.78, 5) is 41.5. The summed E-state index contributed by atoms with van der Waals surface area (Å²) < 4.78 is 5.32. The van der Waals surface area contributed by atoms with Crippen molar-refractivity contribution in [2.45, 2.75) is 40.0 Å². The molecule has 3 fully saturated rings. The van der Waals surface area contributed by atoms with Gasteiger partial charge < -0.3 is 9.64 Å². The summed E-state index contributed by atoms with van der Waals surface area (Å²) in [5.41, 5.74) is -1.97. The maximum atomic E-state index is 13.1. The Morgan fingerprint density at radius 1 is 0.957 bits per heavy atom. The van der Waals surface area contributed by atoms with Gasteiger partial charge in [0.1, 0.15) is 0 Å². The molecule has 6 heteroatoms. The van der Waals surface area contributed by atoms with E-state index < -0.39 is 16.2 Å². The zero-order chi connectivity index (χ0) is 17.0. The van der Waals surface area contributed by atoms with Crippen LogP contribution >= 0.6 is 0 Å². The Morgan fingerprint density at radius 2 is 1.43 bits per heavy atom. The Balaban J connectivity index is 1.94. The van der Waals surface area contributed by atoms with Crippen molar-refractivity contribution >= 4 is 17.7 Å². The lowest BCUT2D eigenvalue weighted by Crippen LogP contribution is -2.64. The minimum atomic E-state index is -0.675. The Kier molecular flexibility index (Phi) is 3.59. The van der Waals surface area contributed by atoms with E-state index in [0.717, 1.165) is 0 Å². The van der Waals surface area contributed by atoms with E-state index in [0.29, 0.717) is 45.6 Å². The molecule has 2 aliphatic heterocycles. The highest BCUT2D eigenvalue weighted by molar-refractivity contribution is 6.04. The van der Waals surface area contributed by atoms with Crippen LogP contribution in [0.3, 0.4) is 0 Å². The third kappa shape index (κ3) is 2.38. The number of morpholine rings is 1. The lowest BCUT2D eigenvalue weighted by atomic mass is 9.51. The number of amides is 3. The van der Waals surface area contributed by atoms with E-state index >= 15 is 0 Å². The van der Waals surface area contributed by atoms with Gasteiger partial charge in [0.15, 0.2) is 0 Å². The van der Waals surface area contributed by atoms with Crippen LogP contribution in [0.1, 0.15) is 40.0 Å². The van der Waals surface area contributed by atoms with Gasteiger partial charge in [0.2, 0.25) is 17.7 Å². The molecular weight excluding hydrogens is 296 g/mol. The number of nitrogens with zero attached hydrogens (tertiary/aromatic N) is 2. The molecule has 2 heterocycles. The predicted octanol–water partition coefficient (Wildman–Crippen LogP) is 1.05. The first-order valence-corrected chi connectivity index (χ1v) is 8.31. The van der Waals surface area contributed by atoms with Crippen LogP contribution in [0.15, 0.2) is 0 Å². The van der Waals surface area contributed by atoms with E-state index in [4.69, 9.17) is 4.74 Å². The van der Waals surface area contributed by atoms with Gasteiger partial charge in [-0.1, -0.05) is 20.8 Å². The molecule has 0 N–H and O–H groups in total. The van der Waals surface area contributed by atoms with Crippen LogP contribution in [-0.2, 0) is 19.1 Å². The molecule has 2 saturated heterocycles. The van der Waals surface area contributed by atoms with E-state index in [2.05, 4.69) is 0 Å². The van der Waals surface area contributed by atoms with Crippen LogP contribution in [-0.4, -0.2) is 60.9 Å². The molecule has 23 heavy (non-hydrogen) atoms. The minimum Gasteiger partial charge on any atom is -0.378 e. The molecule has 2 atom stereocenters. The van der Waals surface area contributed by atoms with Gasteiger partial charge in [0, 0.05) is 36.4 Å². The van der Waals surface area contributed by atoms with Gasteiger partial charge in [-0.15, -0.1) is 0 Å². The normalized spacial score (nSPS) is 41.2. The van der Waals surface area contributed by atoms with Crippen molar-refractivity contribution in [1.82, 2.24) is 9.80 Å². The molecule has 1 saturated carbocycles. The van der Waals surface area contributed by atoms with Crippen LogP contribution in [0, 0.1) is 16.2 Å². The number of hydrogen-bond donors (Lipinski definition) is 0. The van der Waals surface area contributed by atoms with E-state index in [1.54, 1.807) is 7.05 Å². The fourth-order valence-electron chi connectivity index (χ4n) is 5.27. The number of carbonyl (C=O) groups excluding carboxylic acids is 3. The number of hydrogen-bond acceptors (Lipinski definition) is 4. The summed E-state index contributed by atoms with van der Waals surface area (Å²) in [6, 6.07) is 0. The molecular formula is C17H26N2O4. The average molecular weight is 322 g/mol. The predicted molar refractivity (Wildman–Crippen MR) is 83.3 cm³/mol. The lowest BCUT2D eigenvalue weighted by Gasteiger charge is -2.56. The average Bonchev–Trinajstić information content (AvgIpc) is 2.50. The second-order valence-electron chi connectivity index (χ2n) is 8.29. The standard InChI is InChI=1S/C17H26N2O4/c1-15-9-16(2,13(21)18(4)12(15)20)11-17(3,10-15)14(22)19-5-7-23-8-6-19/h5-11H2,1-4H3. The van der Waals surface area contributed by atoms with E-state index in [-0.39, 0.29) is 17.7 Å². The first kappa shape index (κ1) is 16.4. The molecule has 128 valence electrons. The van der Waals surface area contributed by atoms with Crippen molar-refractivity contribution < 1.29 is 19.1 Å². The molecule has 0 aromatic heterocycles. The van der Waals surface area contributed by atoms with Crippen molar-refractivity contribution in [1.29, 1.82) is 0 Å². The molecule has 1 aliphatic carbocycles. The molecule has 3 rings (SSSR count). The van der Waals surface area contributed by atoms with Crippen molar-refractivity contribution in [3.05, 3.63) is 0 Å². The molecule has 2 bridgehead atoms. The molecule has 6 nitrogen and oxygen atoms in total. The van der Waals surface area contributed by atoms with Crippen molar-refractivity contribution in [3.63, 3.8) is 0 Å². The van der Waals surface area contributed by atoms with Gasteiger partial charge in [0.25, 0.3) is 0 Å². The summed E-state index contributed by atoms with van der Waals surface area (Å²) in [6.07, 6.45) is 1.54. The summed E-state index contributed by atoms with van der Waals surface area (Å²) in [6.45, 7) is 8.01. The highest BCUT2D eigenvalue weighted by atomic mass is 16.5. The van der Waals surface area contributed by atoms with E-state index in [1.807, 2.05) is 25.7 Å². The molecule has 0 aromatic carbocycles. The van der Waals surface area contributed by atoms with Gasteiger partial charge in [-0.3, -0.25) is 19.3 Å². The van der Waals surface area contributed by atoms with Gasteiger partial charge in [-0.25, -0.2) is 0 Å². The summed E-state index contributed by atoms with van der Waals surface area (Å²) >= 11 is 0. The van der Waals surface area contributed by atoms with Crippen LogP contribution in [0.25, 0.3) is 0 Å². The molecule has 0 radical (unpaired) electrons. The molecule has 3 aliphatic rings. The third-order valence-electron chi connectivity index (χ3n) is 5.80. The SMILES string of the molecule is CN1C(=O)C2(C)CC(C)(C(=O)N3CCOCC3)CC(C)(C2)C1=O. The smallest absolute Gasteiger partial charge is 0.234 e. The third-order valence-corrected chi connectivity index (χ3v) is 5.80. The van der Waals surface area contributed by atoms with Crippen LogP contribution in [0.5, 0.6) is 0 Å². The van der Waals surface area contributed by atoms with Crippen LogP contribution < -0.4 is 0 Å². The summed E-state index contributed by atoms with van der Waals surface area (Å²) in [5, 5.41) is 0. The topological polar surface area (TPSA) is 66.9 Å². The van der Waals surface area contributed by atoms with Crippen molar-refractivity contribution in [2.75, 3.05) is 33.4 Å². The van der Waals surface area contributed by atoms with E-state index in [1.165, 1.54) is 4.90 Å². The Labute approximate surface area is 137 Å². The number of fused-ring (bicyclic) bond motifs is 2. The fourth-order valence-corrected chi connectivity index (χ4v) is 5.27. The highest BCUT2D eigenvalue weighted by Gasteiger charge is 2.62. The second-order valence-corrected chi connectivity index (χ2v) is 8.29. The Hall–Kier alpha value is -1.43.